The van der Waals surface area contributed by atoms with E-state index in [1.165, 1.54) is 12.8 Å². The van der Waals surface area contributed by atoms with Crippen LogP contribution in [-0.4, -0.2) is 35.8 Å². The molecule has 0 bridgehead atoms. The van der Waals surface area contributed by atoms with E-state index in [1.807, 2.05) is 18.7 Å². The average Bonchev–Trinajstić information content (AvgIpc) is 3.12. The zero-order valence-corrected chi connectivity index (χ0v) is 11.6. The molecule has 2 unspecified atom stereocenters. The molecule has 1 aliphatic carbocycles. The Hall–Kier alpha value is -1.06. The smallest absolute Gasteiger partial charge is 0.245 e. The highest BCUT2D eigenvalue weighted by Gasteiger charge is 2.35. The first-order valence-corrected chi connectivity index (χ1v) is 7.07. The molecule has 0 aromatic carbocycles. The molecule has 0 spiro atoms. The monoisotopic (exact) mass is 252 g/mol. The number of carbonyl (C=O) groups is 2. The van der Waals surface area contributed by atoms with Crippen molar-refractivity contribution in [3.63, 3.8) is 0 Å². The van der Waals surface area contributed by atoms with Gasteiger partial charge in [-0.15, -0.1) is 0 Å². The van der Waals surface area contributed by atoms with Crippen LogP contribution in [0.5, 0.6) is 0 Å². The number of rotatable bonds is 4. The lowest BCUT2D eigenvalue weighted by atomic mass is 10.0. The second kappa shape index (κ2) is 5.29. The molecule has 102 valence electrons. The highest BCUT2D eigenvalue weighted by molar-refractivity contribution is 5.90. The lowest BCUT2D eigenvalue weighted by Crippen LogP contribution is -2.48. The Morgan fingerprint density at radius 3 is 2.50 bits per heavy atom. The first kappa shape index (κ1) is 13.4. The lowest BCUT2D eigenvalue weighted by molar-refractivity contribution is -0.135. The Labute approximate surface area is 109 Å². The van der Waals surface area contributed by atoms with Gasteiger partial charge >= 0.3 is 0 Å². The van der Waals surface area contributed by atoms with E-state index in [2.05, 4.69) is 12.2 Å². The van der Waals surface area contributed by atoms with E-state index in [4.69, 9.17) is 0 Å². The van der Waals surface area contributed by atoms with Crippen LogP contribution in [0.1, 0.15) is 40.0 Å². The van der Waals surface area contributed by atoms with Crippen LogP contribution in [0, 0.1) is 17.8 Å². The molecule has 0 aromatic heterocycles. The molecular formula is C14H24N2O2. The maximum atomic E-state index is 12.4. The van der Waals surface area contributed by atoms with Crippen molar-refractivity contribution >= 4 is 11.8 Å². The van der Waals surface area contributed by atoms with E-state index in [0.717, 1.165) is 12.5 Å². The first-order valence-electron chi connectivity index (χ1n) is 7.07. The number of hydrogen-bond donors (Lipinski definition) is 1. The van der Waals surface area contributed by atoms with E-state index >= 15 is 0 Å². The van der Waals surface area contributed by atoms with Gasteiger partial charge in [-0.2, -0.15) is 0 Å². The minimum absolute atomic E-state index is 0.00336. The van der Waals surface area contributed by atoms with Gasteiger partial charge in [0.25, 0.3) is 0 Å². The van der Waals surface area contributed by atoms with Crippen LogP contribution in [0.4, 0.5) is 0 Å². The molecule has 1 saturated carbocycles. The molecular weight excluding hydrogens is 228 g/mol. The summed E-state index contributed by atoms with van der Waals surface area (Å²) in [6, 6.07) is -0.341. The summed E-state index contributed by atoms with van der Waals surface area (Å²) in [6.07, 6.45) is 3.04. The van der Waals surface area contributed by atoms with Crippen LogP contribution in [0.2, 0.25) is 0 Å². The van der Waals surface area contributed by atoms with Crippen LogP contribution >= 0.6 is 0 Å². The van der Waals surface area contributed by atoms with Crippen LogP contribution in [0.3, 0.4) is 0 Å². The fraction of sp³-hybridized carbons (Fsp3) is 0.857. The molecule has 2 fully saturated rings. The van der Waals surface area contributed by atoms with E-state index in [0.29, 0.717) is 18.9 Å². The SMILES string of the molecule is CC(C)C1NC(=O)CCN(CC(C)C2CC2)C1=O. The predicted molar refractivity (Wildman–Crippen MR) is 69.9 cm³/mol. The van der Waals surface area contributed by atoms with Crippen molar-refractivity contribution in [2.75, 3.05) is 13.1 Å². The summed E-state index contributed by atoms with van der Waals surface area (Å²) in [5, 5.41) is 2.85. The average molecular weight is 252 g/mol. The van der Waals surface area contributed by atoms with Crippen molar-refractivity contribution in [3.05, 3.63) is 0 Å². The van der Waals surface area contributed by atoms with Gasteiger partial charge in [0.05, 0.1) is 0 Å². The second-order valence-electron chi connectivity index (χ2n) is 6.14. The summed E-state index contributed by atoms with van der Waals surface area (Å²) in [5.41, 5.74) is 0. The standard InChI is InChI=1S/C14H24N2O2/c1-9(2)13-14(18)16(7-6-12(17)15-13)8-10(3)11-4-5-11/h9-11,13H,4-8H2,1-3H3,(H,15,17). The third kappa shape index (κ3) is 3.03. The molecule has 4 nitrogen and oxygen atoms in total. The van der Waals surface area contributed by atoms with Gasteiger partial charge in [0.1, 0.15) is 6.04 Å². The Morgan fingerprint density at radius 1 is 1.28 bits per heavy atom. The summed E-state index contributed by atoms with van der Waals surface area (Å²) in [7, 11) is 0. The highest BCUT2D eigenvalue weighted by Crippen LogP contribution is 2.37. The number of amides is 2. The van der Waals surface area contributed by atoms with E-state index in [-0.39, 0.29) is 23.8 Å². The number of carbonyl (C=O) groups excluding carboxylic acids is 2. The Morgan fingerprint density at radius 2 is 1.94 bits per heavy atom. The van der Waals surface area contributed by atoms with Gasteiger partial charge in [-0.1, -0.05) is 20.8 Å². The Bertz CT molecular complexity index is 337. The normalized spacial score (nSPS) is 27.1. The van der Waals surface area contributed by atoms with Crippen molar-refractivity contribution < 1.29 is 9.59 Å². The quantitative estimate of drug-likeness (QED) is 0.822. The molecule has 2 amide bonds. The molecule has 2 atom stereocenters. The zero-order chi connectivity index (χ0) is 13.3. The van der Waals surface area contributed by atoms with E-state index in [9.17, 15) is 9.59 Å². The fourth-order valence-corrected chi connectivity index (χ4v) is 2.65. The van der Waals surface area contributed by atoms with Gasteiger partial charge in [-0.25, -0.2) is 0 Å². The van der Waals surface area contributed by atoms with Crippen LogP contribution in [0.25, 0.3) is 0 Å². The summed E-state index contributed by atoms with van der Waals surface area (Å²) in [5.74, 6) is 1.61. The van der Waals surface area contributed by atoms with Gasteiger partial charge < -0.3 is 10.2 Å². The molecule has 2 rings (SSSR count). The van der Waals surface area contributed by atoms with E-state index in [1.54, 1.807) is 0 Å². The summed E-state index contributed by atoms with van der Waals surface area (Å²) in [4.78, 5) is 25.9. The van der Waals surface area contributed by atoms with Crippen molar-refractivity contribution in [3.8, 4) is 0 Å². The highest BCUT2D eigenvalue weighted by atomic mass is 16.2. The van der Waals surface area contributed by atoms with Crippen molar-refractivity contribution in [2.45, 2.75) is 46.1 Å². The molecule has 1 aliphatic heterocycles. The van der Waals surface area contributed by atoms with Crippen LogP contribution in [0.15, 0.2) is 0 Å². The zero-order valence-electron chi connectivity index (χ0n) is 11.6. The topological polar surface area (TPSA) is 49.4 Å². The molecule has 0 radical (unpaired) electrons. The van der Waals surface area contributed by atoms with Crippen molar-refractivity contribution in [2.24, 2.45) is 17.8 Å². The maximum absolute atomic E-state index is 12.4. The predicted octanol–water partition coefficient (Wildman–Crippen LogP) is 1.41. The van der Waals surface area contributed by atoms with Gasteiger partial charge in [0.2, 0.25) is 11.8 Å². The summed E-state index contributed by atoms with van der Waals surface area (Å²) < 4.78 is 0. The van der Waals surface area contributed by atoms with Gasteiger partial charge in [-0.05, 0) is 30.6 Å². The number of nitrogens with one attached hydrogen (secondary N) is 1. The summed E-state index contributed by atoms with van der Waals surface area (Å²) >= 11 is 0. The minimum atomic E-state index is -0.341. The molecule has 1 heterocycles. The van der Waals surface area contributed by atoms with Crippen molar-refractivity contribution in [1.82, 2.24) is 10.2 Å². The molecule has 2 aliphatic rings. The molecule has 1 saturated heterocycles. The number of nitrogens with zero attached hydrogens (tertiary/aromatic N) is 1. The van der Waals surface area contributed by atoms with Crippen LogP contribution < -0.4 is 5.32 Å². The Balaban J connectivity index is 2.03. The van der Waals surface area contributed by atoms with Gasteiger partial charge in [-0.3, -0.25) is 9.59 Å². The molecule has 18 heavy (non-hydrogen) atoms. The second-order valence-corrected chi connectivity index (χ2v) is 6.14. The third-order valence-electron chi connectivity index (χ3n) is 4.10. The lowest BCUT2D eigenvalue weighted by Gasteiger charge is -2.28. The molecule has 4 heteroatoms. The number of hydrogen-bond acceptors (Lipinski definition) is 2. The van der Waals surface area contributed by atoms with Gasteiger partial charge in [0.15, 0.2) is 0 Å². The minimum Gasteiger partial charge on any atom is -0.344 e. The molecule has 1 N–H and O–H groups in total. The fourth-order valence-electron chi connectivity index (χ4n) is 2.65. The third-order valence-corrected chi connectivity index (χ3v) is 4.10. The first-order chi connectivity index (χ1) is 8.49. The van der Waals surface area contributed by atoms with Gasteiger partial charge in [0, 0.05) is 19.5 Å². The maximum Gasteiger partial charge on any atom is 0.245 e. The largest absolute Gasteiger partial charge is 0.344 e. The Kier molecular flexibility index (Phi) is 3.93. The van der Waals surface area contributed by atoms with Crippen molar-refractivity contribution in [1.29, 1.82) is 0 Å². The summed E-state index contributed by atoms with van der Waals surface area (Å²) in [6.45, 7) is 7.56. The van der Waals surface area contributed by atoms with E-state index < -0.39 is 0 Å². The van der Waals surface area contributed by atoms with Crippen LogP contribution in [-0.2, 0) is 9.59 Å². The molecule has 0 aromatic rings.